The van der Waals surface area contributed by atoms with Gasteiger partial charge in [-0.25, -0.2) is 33.1 Å². The molecule has 2 aromatic heterocycles. The van der Waals surface area contributed by atoms with E-state index in [1.165, 1.54) is 42.5 Å². The third-order valence-electron chi connectivity index (χ3n) is 5.76. The molecular weight excluding hydrogens is 650 g/mol. The van der Waals surface area contributed by atoms with Gasteiger partial charge in [-0.05, 0) is 24.5 Å². The van der Waals surface area contributed by atoms with Crippen LogP contribution in [0.5, 0.6) is 0 Å². The van der Waals surface area contributed by atoms with Crippen LogP contribution in [-0.4, -0.2) is 57.7 Å². The maximum absolute atomic E-state index is 13.0. The van der Waals surface area contributed by atoms with Crippen molar-refractivity contribution in [1.82, 2.24) is 19.9 Å². The van der Waals surface area contributed by atoms with E-state index >= 15 is 0 Å². The quantitative estimate of drug-likeness (QED) is 0.0972. The Labute approximate surface area is 256 Å². The third kappa shape index (κ3) is 8.85. The minimum atomic E-state index is -4.85. The number of alkyl halides is 6. The molecule has 238 valence electrons. The summed E-state index contributed by atoms with van der Waals surface area (Å²) in [6.07, 6.45) is -7.06. The number of carbonyl (C=O) groups excluding carboxylic acids is 1. The lowest BCUT2D eigenvalue weighted by molar-refractivity contribution is -0.142. The Hall–Kier alpha value is -4.38. The second kappa shape index (κ2) is 13.7. The normalized spacial score (nSPS) is 11.8. The molecule has 0 radical (unpaired) electrons. The summed E-state index contributed by atoms with van der Waals surface area (Å²) in [5, 5.41) is 8.10. The number of thioether (sulfide) groups is 1. The van der Waals surface area contributed by atoms with E-state index in [4.69, 9.17) is 5.11 Å². The predicted molar refractivity (Wildman–Crippen MR) is 151 cm³/mol. The lowest BCUT2D eigenvalue weighted by Crippen LogP contribution is -2.14. The first-order valence-electron chi connectivity index (χ1n) is 12.5. The van der Waals surface area contributed by atoms with Crippen LogP contribution in [0.3, 0.4) is 0 Å². The molecule has 0 aliphatic heterocycles. The zero-order valence-corrected chi connectivity index (χ0v) is 25.1. The highest BCUT2D eigenvalue weighted by molar-refractivity contribution is 7.98. The first-order chi connectivity index (χ1) is 20.9. The maximum atomic E-state index is 13.0. The van der Waals surface area contributed by atoms with Crippen molar-refractivity contribution in [3.05, 3.63) is 83.2 Å². The number of hydrogen-bond acceptors (Lipinski definition) is 9. The minimum Gasteiger partial charge on any atom is -0.478 e. The standard InChI is InChI=1S/C15H13F3N2O3S.C13H9F3N2O2S/c1-3-12(21)10-7-5-4-6-9(10)11-8-13(15(16,17)18)20-14(19-11)24(2,22)23;1-21-12-17-9(6-10(18-12)13(14,15)16)7-4-2-3-5-8(7)11(19)20/h4-8H,3H2,1-2H3;2-6H,1H3,(H,19,20). The maximum Gasteiger partial charge on any atom is 0.433 e. The highest BCUT2D eigenvalue weighted by Crippen LogP contribution is 2.34. The molecule has 45 heavy (non-hydrogen) atoms. The van der Waals surface area contributed by atoms with Crippen molar-refractivity contribution < 1.29 is 49.5 Å². The number of aromatic nitrogens is 4. The number of sulfone groups is 1. The topological polar surface area (TPSA) is 140 Å². The van der Waals surface area contributed by atoms with Gasteiger partial charge in [0.25, 0.3) is 0 Å². The zero-order valence-electron chi connectivity index (χ0n) is 23.4. The van der Waals surface area contributed by atoms with Crippen LogP contribution >= 0.6 is 11.8 Å². The largest absolute Gasteiger partial charge is 0.478 e. The molecule has 1 N–H and O–H groups in total. The predicted octanol–water partition coefficient (Wildman–Crippen LogP) is 6.74. The Morgan fingerprint density at radius 2 is 1.24 bits per heavy atom. The molecule has 2 heterocycles. The van der Waals surface area contributed by atoms with Crippen molar-refractivity contribution in [3.8, 4) is 22.5 Å². The molecule has 2 aromatic carbocycles. The van der Waals surface area contributed by atoms with Crippen LogP contribution in [0, 0.1) is 0 Å². The number of nitrogens with zero attached hydrogens (tertiary/aromatic N) is 4. The number of rotatable bonds is 7. The molecule has 0 amide bonds. The second-order valence-electron chi connectivity index (χ2n) is 8.99. The van der Waals surface area contributed by atoms with Crippen LogP contribution in [0.25, 0.3) is 22.5 Å². The Balaban J connectivity index is 0.000000248. The van der Waals surface area contributed by atoms with Gasteiger partial charge >= 0.3 is 18.3 Å². The van der Waals surface area contributed by atoms with Crippen LogP contribution in [0.4, 0.5) is 26.3 Å². The monoisotopic (exact) mass is 672 g/mol. The summed E-state index contributed by atoms with van der Waals surface area (Å²) in [6.45, 7) is 1.61. The van der Waals surface area contributed by atoms with E-state index in [0.717, 1.165) is 24.1 Å². The molecule has 0 unspecified atom stereocenters. The fourth-order valence-corrected chi connectivity index (χ4v) is 4.61. The summed E-state index contributed by atoms with van der Waals surface area (Å²) < 4.78 is 101. The molecular formula is C28H22F6N4O5S2. The number of carbonyl (C=O) groups is 2. The van der Waals surface area contributed by atoms with Crippen molar-refractivity contribution in [1.29, 1.82) is 0 Å². The van der Waals surface area contributed by atoms with E-state index in [2.05, 4.69) is 19.9 Å². The molecule has 0 aliphatic carbocycles. The van der Waals surface area contributed by atoms with E-state index in [9.17, 15) is 44.3 Å². The van der Waals surface area contributed by atoms with Gasteiger partial charge in [-0.15, -0.1) is 0 Å². The smallest absolute Gasteiger partial charge is 0.433 e. The first kappa shape index (κ1) is 35.1. The van der Waals surface area contributed by atoms with Gasteiger partial charge in [-0.3, -0.25) is 4.79 Å². The van der Waals surface area contributed by atoms with Gasteiger partial charge in [-0.2, -0.15) is 26.3 Å². The molecule has 17 heteroatoms. The third-order valence-corrected chi connectivity index (χ3v) is 7.16. The van der Waals surface area contributed by atoms with Gasteiger partial charge < -0.3 is 5.11 Å². The Morgan fingerprint density at radius 1 is 0.778 bits per heavy atom. The van der Waals surface area contributed by atoms with Crippen molar-refractivity contribution >= 4 is 33.4 Å². The number of ketones is 1. The van der Waals surface area contributed by atoms with E-state index in [0.29, 0.717) is 6.07 Å². The van der Waals surface area contributed by atoms with E-state index in [1.54, 1.807) is 19.2 Å². The molecule has 0 bridgehead atoms. The molecule has 9 nitrogen and oxygen atoms in total. The summed E-state index contributed by atoms with van der Waals surface area (Å²) in [6, 6.07) is 13.1. The summed E-state index contributed by atoms with van der Waals surface area (Å²) in [4.78, 5) is 37.3. The van der Waals surface area contributed by atoms with Crippen LogP contribution in [0.1, 0.15) is 45.4 Å². The lowest BCUT2D eigenvalue weighted by atomic mass is 9.99. The SMILES string of the molecule is CCC(=O)c1ccccc1-c1cc(C(F)(F)F)nc(S(C)(=O)=O)n1.CSc1nc(-c2ccccc2C(=O)O)cc(C(F)(F)F)n1. The number of carboxylic acid groups (broad SMARTS) is 1. The van der Waals surface area contributed by atoms with E-state index in [1.807, 2.05) is 0 Å². The summed E-state index contributed by atoms with van der Waals surface area (Å²) in [5.41, 5.74) is -2.52. The number of benzene rings is 2. The highest BCUT2D eigenvalue weighted by atomic mass is 32.2. The Morgan fingerprint density at radius 3 is 1.71 bits per heavy atom. The first-order valence-corrected chi connectivity index (χ1v) is 15.6. The van der Waals surface area contributed by atoms with E-state index < -0.39 is 44.7 Å². The number of Topliss-reactive ketones (excluding diaryl/α,β-unsaturated/α-hetero) is 1. The van der Waals surface area contributed by atoms with Crippen molar-refractivity contribution in [2.75, 3.05) is 12.5 Å². The van der Waals surface area contributed by atoms with Gasteiger partial charge in [0, 0.05) is 29.4 Å². The molecule has 0 aliphatic rings. The van der Waals surface area contributed by atoms with Crippen LogP contribution < -0.4 is 0 Å². The molecule has 4 aromatic rings. The molecule has 0 fully saturated rings. The van der Waals surface area contributed by atoms with Gasteiger partial charge in [0.05, 0.1) is 17.0 Å². The van der Waals surface area contributed by atoms with Gasteiger partial charge in [-0.1, -0.05) is 61.2 Å². The van der Waals surface area contributed by atoms with Crippen LogP contribution in [0.2, 0.25) is 0 Å². The molecule has 0 atom stereocenters. The van der Waals surface area contributed by atoms with Gasteiger partial charge in [0.15, 0.2) is 10.9 Å². The fourth-order valence-electron chi connectivity index (χ4n) is 3.71. The highest BCUT2D eigenvalue weighted by Gasteiger charge is 2.35. The van der Waals surface area contributed by atoms with Gasteiger partial charge in [0.1, 0.15) is 11.4 Å². The summed E-state index contributed by atoms with van der Waals surface area (Å²) >= 11 is 0.953. The second-order valence-corrected chi connectivity index (χ2v) is 11.7. The van der Waals surface area contributed by atoms with Crippen molar-refractivity contribution in [3.63, 3.8) is 0 Å². The van der Waals surface area contributed by atoms with Crippen LogP contribution in [0.15, 0.2) is 71.0 Å². The number of aromatic carboxylic acids is 1. The number of hydrogen-bond donors (Lipinski definition) is 1. The average molecular weight is 673 g/mol. The summed E-state index contributed by atoms with van der Waals surface area (Å²) in [5.74, 6) is -1.53. The summed E-state index contributed by atoms with van der Waals surface area (Å²) in [7, 11) is -4.06. The van der Waals surface area contributed by atoms with E-state index in [-0.39, 0.29) is 51.0 Å². The van der Waals surface area contributed by atoms with Crippen LogP contribution in [-0.2, 0) is 22.2 Å². The number of carboxylic acids is 1. The molecule has 0 saturated carbocycles. The zero-order chi connectivity index (χ0) is 33.7. The van der Waals surface area contributed by atoms with Crippen molar-refractivity contribution in [2.45, 2.75) is 36.0 Å². The lowest BCUT2D eigenvalue weighted by Gasteiger charge is -2.12. The Bertz CT molecular complexity index is 1850. The molecule has 0 saturated heterocycles. The van der Waals surface area contributed by atoms with Gasteiger partial charge in [0.2, 0.25) is 15.0 Å². The molecule has 0 spiro atoms. The Kier molecular flexibility index (Phi) is 10.7. The molecule has 4 rings (SSSR count). The van der Waals surface area contributed by atoms with Crippen molar-refractivity contribution in [2.24, 2.45) is 0 Å². The minimum absolute atomic E-state index is 0.0694. The number of halogens is 6. The average Bonchev–Trinajstić information content (AvgIpc) is 2.99. The fraction of sp³-hybridized carbons (Fsp3) is 0.214.